The molecule has 28 heavy (non-hydrogen) atoms. The number of hydrogen-bond acceptors (Lipinski definition) is 3. The third-order valence-electron chi connectivity index (χ3n) is 6.22. The first-order valence-electron chi connectivity index (χ1n) is 9.70. The normalized spacial score (nSPS) is 25.6. The lowest BCUT2D eigenvalue weighted by Gasteiger charge is -2.59. The maximum Gasteiger partial charge on any atom is 0.257 e. The second kappa shape index (κ2) is 6.41. The van der Waals surface area contributed by atoms with Crippen molar-refractivity contribution in [2.75, 3.05) is 18.1 Å². The van der Waals surface area contributed by atoms with Gasteiger partial charge < -0.3 is 14.9 Å². The average Bonchev–Trinajstić information content (AvgIpc) is 3.53. The van der Waals surface area contributed by atoms with Crippen LogP contribution in [0.2, 0.25) is 0 Å². The Morgan fingerprint density at radius 1 is 1.07 bits per heavy atom. The van der Waals surface area contributed by atoms with E-state index in [-0.39, 0.29) is 36.0 Å². The zero-order valence-electron chi connectivity index (χ0n) is 15.3. The molecule has 5 nitrogen and oxygen atoms in total. The molecule has 6 heteroatoms. The van der Waals surface area contributed by atoms with Gasteiger partial charge in [-0.1, -0.05) is 30.3 Å². The molecule has 0 radical (unpaired) electrons. The number of fused-ring (bicyclic) bond motifs is 3. The number of nitrogens with zero attached hydrogens (tertiary/aromatic N) is 2. The smallest absolute Gasteiger partial charge is 0.257 e. The number of benzene rings is 2. The number of amides is 2. The molecular weight excluding hydrogens is 359 g/mol. The van der Waals surface area contributed by atoms with Crippen LogP contribution in [0.25, 0.3) is 0 Å². The number of likely N-dealkylation sites (tertiary alicyclic amines) is 1. The van der Waals surface area contributed by atoms with Crippen LogP contribution >= 0.6 is 0 Å². The molecule has 0 bridgehead atoms. The van der Waals surface area contributed by atoms with Gasteiger partial charge in [-0.3, -0.25) is 9.59 Å². The lowest BCUT2D eigenvalue weighted by Crippen LogP contribution is -2.70. The standard InChI is InChI=1S/C22H21FN2O3/c23-16-7-3-1-5-14(16)22(28)25-18-11-24(21(27)13-9-10-13)17-8-4-2-6-15(17)20(18)19(25)12-26/h1-8,13,18-20,26H,9-12H2/t18-,19-,20+/m0/s1. The quantitative estimate of drug-likeness (QED) is 0.890. The van der Waals surface area contributed by atoms with Gasteiger partial charge >= 0.3 is 0 Å². The van der Waals surface area contributed by atoms with E-state index in [1.807, 2.05) is 24.3 Å². The van der Waals surface area contributed by atoms with Crippen molar-refractivity contribution in [3.63, 3.8) is 0 Å². The van der Waals surface area contributed by atoms with Crippen LogP contribution in [0.3, 0.4) is 0 Å². The molecular formula is C22H21FN2O3. The van der Waals surface area contributed by atoms with Gasteiger partial charge in [0.2, 0.25) is 5.91 Å². The molecule has 1 saturated heterocycles. The zero-order chi connectivity index (χ0) is 19.4. The van der Waals surface area contributed by atoms with Crippen LogP contribution in [0.15, 0.2) is 48.5 Å². The highest BCUT2D eigenvalue weighted by atomic mass is 19.1. The summed E-state index contributed by atoms with van der Waals surface area (Å²) >= 11 is 0. The van der Waals surface area contributed by atoms with Gasteiger partial charge in [0, 0.05) is 24.1 Å². The highest BCUT2D eigenvalue weighted by Crippen LogP contribution is 2.49. The van der Waals surface area contributed by atoms with Crippen LogP contribution in [0, 0.1) is 11.7 Å². The van der Waals surface area contributed by atoms with Crippen molar-refractivity contribution in [2.24, 2.45) is 5.92 Å². The molecule has 2 aromatic rings. The van der Waals surface area contributed by atoms with Crippen LogP contribution < -0.4 is 4.90 Å². The van der Waals surface area contributed by atoms with Crippen molar-refractivity contribution < 1.29 is 19.1 Å². The Labute approximate surface area is 162 Å². The second-order valence-electron chi connectivity index (χ2n) is 7.82. The first kappa shape index (κ1) is 17.4. The Morgan fingerprint density at radius 3 is 2.50 bits per heavy atom. The topological polar surface area (TPSA) is 60.9 Å². The number of carbonyl (C=O) groups excluding carboxylic acids is 2. The van der Waals surface area contributed by atoms with Crippen molar-refractivity contribution in [1.82, 2.24) is 4.90 Å². The molecule has 0 aromatic heterocycles. The molecule has 2 fully saturated rings. The summed E-state index contributed by atoms with van der Waals surface area (Å²) in [6, 6.07) is 12.9. The molecule has 0 unspecified atom stereocenters. The number of aliphatic hydroxyl groups is 1. The first-order chi connectivity index (χ1) is 13.6. The lowest BCUT2D eigenvalue weighted by atomic mass is 9.71. The molecule has 2 amide bonds. The second-order valence-corrected chi connectivity index (χ2v) is 7.82. The van der Waals surface area contributed by atoms with Crippen molar-refractivity contribution in [1.29, 1.82) is 0 Å². The van der Waals surface area contributed by atoms with Gasteiger partial charge in [0.05, 0.1) is 24.3 Å². The predicted octanol–water partition coefficient (Wildman–Crippen LogP) is 2.55. The third-order valence-corrected chi connectivity index (χ3v) is 6.22. The summed E-state index contributed by atoms with van der Waals surface area (Å²) in [5.74, 6) is -0.905. The minimum absolute atomic E-state index is 0.00155. The summed E-state index contributed by atoms with van der Waals surface area (Å²) in [5, 5.41) is 9.99. The van der Waals surface area contributed by atoms with Gasteiger partial charge in [-0.05, 0) is 36.6 Å². The van der Waals surface area contributed by atoms with E-state index in [0.29, 0.717) is 6.54 Å². The minimum atomic E-state index is -0.574. The van der Waals surface area contributed by atoms with E-state index in [1.54, 1.807) is 21.9 Å². The Kier molecular flexibility index (Phi) is 3.98. The van der Waals surface area contributed by atoms with Crippen LogP contribution in [0.5, 0.6) is 0 Å². The summed E-state index contributed by atoms with van der Waals surface area (Å²) in [5.41, 5.74) is 1.85. The molecule has 0 spiro atoms. The fourth-order valence-corrected chi connectivity index (χ4v) is 4.70. The molecule has 3 aliphatic rings. The molecule has 144 valence electrons. The van der Waals surface area contributed by atoms with Gasteiger partial charge in [0.25, 0.3) is 5.91 Å². The summed E-state index contributed by atoms with van der Waals surface area (Å²) in [7, 11) is 0. The fourth-order valence-electron chi connectivity index (χ4n) is 4.70. The predicted molar refractivity (Wildman–Crippen MR) is 101 cm³/mol. The van der Waals surface area contributed by atoms with Gasteiger partial charge in [-0.25, -0.2) is 4.39 Å². The number of carbonyl (C=O) groups is 2. The van der Waals surface area contributed by atoms with Gasteiger partial charge in [-0.15, -0.1) is 0 Å². The van der Waals surface area contributed by atoms with Crippen LogP contribution in [-0.2, 0) is 4.79 Å². The maximum atomic E-state index is 14.2. The lowest BCUT2D eigenvalue weighted by molar-refractivity contribution is -0.120. The monoisotopic (exact) mass is 380 g/mol. The van der Waals surface area contributed by atoms with Crippen LogP contribution in [-0.4, -0.2) is 47.1 Å². The average molecular weight is 380 g/mol. The van der Waals surface area contributed by atoms with Crippen molar-refractivity contribution in [3.05, 3.63) is 65.5 Å². The van der Waals surface area contributed by atoms with Crippen LogP contribution in [0.4, 0.5) is 10.1 Å². The summed E-state index contributed by atoms with van der Waals surface area (Å²) < 4.78 is 14.2. The fraction of sp³-hybridized carbons (Fsp3) is 0.364. The Morgan fingerprint density at radius 2 is 1.79 bits per heavy atom. The molecule has 5 rings (SSSR count). The van der Waals surface area contributed by atoms with E-state index in [1.165, 1.54) is 12.1 Å². The SMILES string of the molecule is O=C(C1CC1)N1C[C@H]2[C@@H](c3ccccc31)[C@H](CO)N2C(=O)c1ccccc1F. The summed E-state index contributed by atoms with van der Waals surface area (Å²) in [4.78, 5) is 29.3. The number of para-hydroxylation sites is 1. The number of aliphatic hydroxyl groups excluding tert-OH is 1. The highest BCUT2D eigenvalue weighted by Gasteiger charge is 2.56. The van der Waals surface area contributed by atoms with Gasteiger partial charge in [0.1, 0.15) is 5.82 Å². The van der Waals surface area contributed by atoms with E-state index >= 15 is 0 Å². The molecule has 3 atom stereocenters. The van der Waals surface area contributed by atoms with E-state index in [2.05, 4.69) is 0 Å². The highest BCUT2D eigenvalue weighted by molar-refractivity contribution is 6.00. The number of hydrogen-bond donors (Lipinski definition) is 1. The van der Waals surface area contributed by atoms with E-state index in [4.69, 9.17) is 0 Å². The van der Waals surface area contributed by atoms with Gasteiger partial charge in [-0.2, -0.15) is 0 Å². The Hall–Kier alpha value is -2.73. The number of rotatable bonds is 3. The van der Waals surface area contributed by atoms with Crippen LogP contribution in [0.1, 0.15) is 34.7 Å². The van der Waals surface area contributed by atoms with Crippen molar-refractivity contribution in [2.45, 2.75) is 30.8 Å². The van der Waals surface area contributed by atoms with E-state index in [9.17, 15) is 19.1 Å². The Balaban J connectivity index is 1.53. The first-order valence-corrected chi connectivity index (χ1v) is 9.70. The Bertz CT molecular complexity index is 958. The minimum Gasteiger partial charge on any atom is -0.394 e. The van der Waals surface area contributed by atoms with Gasteiger partial charge in [0.15, 0.2) is 0 Å². The molecule has 2 heterocycles. The largest absolute Gasteiger partial charge is 0.394 e. The molecule has 1 aliphatic carbocycles. The molecule has 2 aliphatic heterocycles. The summed E-state index contributed by atoms with van der Waals surface area (Å²) in [6.45, 7) is 0.181. The summed E-state index contributed by atoms with van der Waals surface area (Å²) in [6.07, 6.45) is 1.81. The maximum absolute atomic E-state index is 14.2. The van der Waals surface area contributed by atoms with Crippen molar-refractivity contribution in [3.8, 4) is 0 Å². The van der Waals surface area contributed by atoms with E-state index in [0.717, 1.165) is 24.1 Å². The molecule has 2 aromatic carbocycles. The molecule has 1 N–H and O–H groups in total. The van der Waals surface area contributed by atoms with Crippen molar-refractivity contribution >= 4 is 17.5 Å². The number of anilines is 1. The molecule has 1 saturated carbocycles. The van der Waals surface area contributed by atoms with E-state index < -0.39 is 17.8 Å². The zero-order valence-corrected chi connectivity index (χ0v) is 15.3. The third kappa shape index (κ3) is 2.48. The number of halogens is 1.